The molecule has 0 rings (SSSR count). The molecule has 0 spiro atoms. The van der Waals surface area contributed by atoms with Gasteiger partial charge in [0.1, 0.15) is 10.4 Å². The van der Waals surface area contributed by atoms with Crippen molar-refractivity contribution in [3.63, 3.8) is 0 Å². The van der Waals surface area contributed by atoms with Crippen LogP contribution >= 0.6 is 0 Å². The molecule has 3 heteroatoms. The quantitative estimate of drug-likeness (QED) is 0.419. The lowest BCUT2D eigenvalue weighted by Crippen LogP contribution is -2.25. The second-order valence-corrected chi connectivity index (χ2v) is 3.50. The maximum atomic E-state index is 5.39. The van der Waals surface area contributed by atoms with Gasteiger partial charge in [0, 0.05) is 6.54 Å². The molecule has 0 unspecified atom stereocenters. The van der Waals surface area contributed by atoms with Crippen molar-refractivity contribution in [2.45, 2.75) is 33.3 Å². The van der Waals surface area contributed by atoms with Gasteiger partial charge in [0.25, 0.3) is 0 Å². The summed E-state index contributed by atoms with van der Waals surface area (Å²) in [5, 5.41) is 0. The summed E-state index contributed by atoms with van der Waals surface area (Å²) >= 11 is 0. The fraction of sp³-hybridized carbons (Fsp3) is 1.00. The van der Waals surface area contributed by atoms with Crippen LogP contribution in [0.3, 0.4) is 0 Å². The molecule has 0 bridgehead atoms. The molecular formula is C6H17NOSi. The van der Waals surface area contributed by atoms with Gasteiger partial charge in [-0.05, 0) is 20.3 Å². The number of hydroxylamine groups is 1. The number of nitrogens with zero attached hydrogens (tertiary/aromatic N) is 1. The second kappa shape index (κ2) is 4.96. The zero-order chi connectivity index (χ0) is 7.28. The zero-order valence-corrected chi connectivity index (χ0v) is 8.85. The summed E-state index contributed by atoms with van der Waals surface area (Å²) in [6.45, 7) is 7.35. The summed E-state index contributed by atoms with van der Waals surface area (Å²) in [5.74, 6) is 0. The zero-order valence-electron chi connectivity index (χ0n) is 6.85. The standard InChI is InChI=1S/C6H17NOSi/c1-4-5-7(9)8-6(2)3/h6H,4-5H2,1-3,9H3. The Bertz CT molecular complexity index is 68.1. The predicted octanol–water partition coefficient (Wildman–Crippen LogP) is 0.319. The van der Waals surface area contributed by atoms with Crippen LogP contribution in [0.5, 0.6) is 0 Å². The Hall–Kier alpha value is 0.137. The lowest BCUT2D eigenvalue weighted by Gasteiger charge is -2.18. The van der Waals surface area contributed by atoms with Crippen molar-refractivity contribution in [3.05, 3.63) is 0 Å². The lowest BCUT2D eigenvalue weighted by molar-refractivity contribution is -0.119. The fourth-order valence-electron chi connectivity index (χ4n) is 0.727. The summed E-state index contributed by atoms with van der Waals surface area (Å²) in [5.41, 5.74) is 0. The van der Waals surface area contributed by atoms with Crippen LogP contribution < -0.4 is 0 Å². The van der Waals surface area contributed by atoms with Crippen molar-refractivity contribution >= 4 is 10.4 Å². The summed E-state index contributed by atoms with van der Waals surface area (Å²) in [4.78, 5) is 5.39. The van der Waals surface area contributed by atoms with E-state index in [0.29, 0.717) is 6.10 Å². The summed E-state index contributed by atoms with van der Waals surface area (Å²) in [7, 11) is 1.01. The van der Waals surface area contributed by atoms with E-state index in [1.807, 2.05) is 4.73 Å². The van der Waals surface area contributed by atoms with Crippen molar-refractivity contribution < 1.29 is 4.84 Å². The van der Waals surface area contributed by atoms with E-state index in [9.17, 15) is 0 Å². The van der Waals surface area contributed by atoms with Crippen LogP contribution in [0.4, 0.5) is 0 Å². The van der Waals surface area contributed by atoms with Crippen molar-refractivity contribution in [2.75, 3.05) is 6.54 Å². The van der Waals surface area contributed by atoms with Crippen LogP contribution in [0.25, 0.3) is 0 Å². The van der Waals surface area contributed by atoms with Crippen molar-refractivity contribution in [1.82, 2.24) is 4.73 Å². The van der Waals surface area contributed by atoms with E-state index < -0.39 is 0 Å². The van der Waals surface area contributed by atoms with Crippen molar-refractivity contribution in [3.8, 4) is 0 Å². The molecule has 0 saturated carbocycles. The van der Waals surface area contributed by atoms with E-state index in [2.05, 4.69) is 20.8 Å². The molecule has 2 nitrogen and oxygen atoms in total. The first-order chi connectivity index (χ1) is 4.16. The largest absolute Gasteiger partial charge is 0.304 e. The van der Waals surface area contributed by atoms with E-state index in [1.165, 1.54) is 6.42 Å². The molecule has 0 atom stereocenters. The van der Waals surface area contributed by atoms with Gasteiger partial charge in [-0.25, -0.2) is 4.73 Å². The molecule has 0 aliphatic heterocycles. The number of rotatable bonds is 4. The van der Waals surface area contributed by atoms with E-state index in [4.69, 9.17) is 4.84 Å². The van der Waals surface area contributed by atoms with Crippen molar-refractivity contribution in [1.29, 1.82) is 0 Å². The molecule has 0 N–H and O–H groups in total. The maximum Gasteiger partial charge on any atom is 0.113 e. The predicted molar refractivity (Wildman–Crippen MR) is 43.2 cm³/mol. The third-order valence-corrected chi connectivity index (χ3v) is 1.59. The molecule has 0 aromatic rings. The van der Waals surface area contributed by atoms with Crippen LogP contribution in [-0.4, -0.2) is 27.8 Å². The molecule has 0 aliphatic carbocycles. The highest BCUT2D eigenvalue weighted by Gasteiger charge is 1.97. The minimum Gasteiger partial charge on any atom is -0.304 e. The molecule has 9 heavy (non-hydrogen) atoms. The third-order valence-electron chi connectivity index (χ3n) is 0.929. The Labute approximate surface area is 60.6 Å². The topological polar surface area (TPSA) is 12.5 Å². The fourth-order valence-corrected chi connectivity index (χ4v) is 1.60. The minimum atomic E-state index is 0.342. The Kier molecular flexibility index (Phi) is 5.04. The normalized spacial score (nSPS) is 11.7. The maximum absolute atomic E-state index is 5.39. The Morgan fingerprint density at radius 1 is 1.56 bits per heavy atom. The molecule has 56 valence electrons. The van der Waals surface area contributed by atoms with Gasteiger partial charge in [-0.15, -0.1) is 0 Å². The number of hydrogen-bond acceptors (Lipinski definition) is 2. The minimum absolute atomic E-state index is 0.342. The molecule has 0 amide bonds. The first-order valence-corrected chi connectivity index (χ1v) is 4.44. The summed E-state index contributed by atoms with van der Waals surface area (Å²) < 4.78 is 2.02. The Morgan fingerprint density at radius 2 is 2.11 bits per heavy atom. The average Bonchev–Trinajstić information content (AvgIpc) is 1.63. The molecule has 0 saturated heterocycles. The first kappa shape index (κ1) is 9.14. The summed E-state index contributed by atoms with van der Waals surface area (Å²) in [6, 6.07) is 0. The van der Waals surface area contributed by atoms with E-state index in [1.54, 1.807) is 0 Å². The smallest absolute Gasteiger partial charge is 0.113 e. The molecule has 0 aliphatic rings. The van der Waals surface area contributed by atoms with Gasteiger partial charge in [0.2, 0.25) is 0 Å². The Balaban J connectivity index is 3.15. The number of hydrogen-bond donors (Lipinski definition) is 0. The van der Waals surface area contributed by atoms with Crippen molar-refractivity contribution in [2.24, 2.45) is 0 Å². The highest BCUT2D eigenvalue weighted by atomic mass is 28.2. The van der Waals surface area contributed by atoms with Crippen LogP contribution in [-0.2, 0) is 4.84 Å². The van der Waals surface area contributed by atoms with Gasteiger partial charge in [0.05, 0.1) is 6.10 Å². The van der Waals surface area contributed by atoms with E-state index in [-0.39, 0.29) is 0 Å². The SMILES string of the molecule is CCCN([SiH3])OC(C)C. The molecular weight excluding hydrogens is 130 g/mol. The van der Waals surface area contributed by atoms with Crippen LogP contribution in [0.15, 0.2) is 0 Å². The Morgan fingerprint density at radius 3 is 2.44 bits per heavy atom. The highest BCUT2D eigenvalue weighted by molar-refractivity contribution is 6.03. The highest BCUT2D eigenvalue weighted by Crippen LogP contribution is 1.92. The second-order valence-electron chi connectivity index (χ2n) is 2.51. The summed E-state index contributed by atoms with van der Waals surface area (Å²) in [6.07, 6.45) is 1.52. The van der Waals surface area contributed by atoms with Crippen LogP contribution in [0, 0.1) is 0 Å². The third kappa shape index (κ3) is 6.02. The molecule has 0 aromatic carbocycles. The van der Waals surface area contributed by atoms with Crippen LogP contribution in [0.2, 0.25) is 0 Å². The van der Waals surface area contributed by atoms with Gasteiger partial charge in [-0.3, -0.25) is 0 Å². The first-order valence-electron chi connectivity index (χ1n) is 3.54. The van der Waals surface area contributed by atoms with Gasteiger partial charge in [-0.2, -0.15) is 0 Å². The van der Waals surface area contributed by atoms with E-state index >= 15 is 0 Å². The van der Waals surface area contributed by atoms with Gasteiger partial charge < -0.3 is 4.84 Å². The molecule has 0 heterocycles. The van der Waals surface area contributed by atoms with Gasteiger partial charge >= 0.3 is 0 Å². The lowest BCUT2D eigenvalue weighted by atomic mass is 10.5. The monoisotopic (exact) mass is 147 g/mol. The average molecular weight is 147 g/mol. The van der Waals surface area contributed by atoms with Gasteiger partial charge in [-0.1, -0.05) is 6.92 Å². The molecule has 0 aromatic heterocycles. The van der Waals surface area contributed by atoms with E-state index in [0.717, 1.165) is 16.9 Å². The van der Waals surface area contributed by atoms with Crippen LogP contribution in [0.1, 0.15) is 27.2 Å². The molecule has 0 fully saturated rings. The van der Waals surface area contributed by atoms with Gasteiger partial charge in [0.15, 0.2) is 0 Å². The molecule has 0 radical (unpaired) electrons.